The van der Waals surface area contributed by atoms with Crippen LogP contribution in [0.1, 0.15) is 23.2 Å². The number of amides is 2. The van der Waals surface area contributed by atoms with Crippen LogP contribution in [0.5, 0.6) is 0 Å². The average molecular weight is 295 g/mol. The molecule has 0 spiro atoms. The van der Waals surface area contributed by atoms with Crippen molar-refractivity contribution < 1.29 is 9.59 Å². The summed E-state index contributed by atoms with van der Waals surface area (Å²) in [6.07, 6.45) is 0. The first-order valence-corrected chi connectivity index (χ1v) is 7.12. The van der Waals surface area contributed by atoms with Crippen LogP contribution in [0.15, 0.2) is 60.7 Å². The van der Waals surface area contributed by atoms with Gasteiger partial charge in [-0.3, -0.25) is 14.9 Å². The van der Waals surface area contributed by atoms with Crippen LogP contribution < -0.4 is 16.4 Å². The monoisotopic (exact) mass is 295 g/mol. The van der Waals surface area contributed by atoms with E-state index in [1.165, 1.54) is 0 Å². The molecule has 3 atom stereocenters. The number of primary amides is 1. The van der Waals surface area contributed by atoms with E-state index >= 15 is 0 Å². The Morgan fingerprint density at radius 1 is 0.864 bits per heavy atom. The molecule has 2 amide bonds. The van der Waals surface area contributed by atoms with Crippen LogP contribution in [0.2, 0.25) is 0 Å². The molecule has 1 aliphatic heterocycles. The fourth-order valence-corrected chi connectivity index (χ4v) is 2.77. The van der Waals surface area contributed by atoms with Crippen molar-refractivity contribution in [3.63, 3.8) is 0 Å². The van der Waals surface area contributed by atoms with Crippen LogP contribution in [-0.2, 0) is 9.59 Å². The first-order valence-electron chi connectivity index (χ1n) is 7.12. The summed E-state index contributed by atoms with van der Waals surface area (Å²) in [4.78, 5) is 23.6. The molecule has 2 aromatic carbocycles. The van der Waals surface area contributed by atoms with Crippen molar-refractivity contribution in [2.24, 2.45) is 5.73 Å². The fraction of sp³-hybridized carbons (Fsp3) is 0.176. The van der Waals surface area contributed by atoms with Gasteiger partial charge in [0, 0.05) is 0 Å². The molecule has 3 rings (SSSR count). The number of benzene rings is 2. The molecular weight excluding hydrogens is 278 g/mol. The molecule has 0 radical (unpaired) electrons. The summed E-state index contributed by atoms with van der Waals surface area (Å²) in [6, 6.07) is 17.9. The summed E-state index contributed by atoms with van der Waals surface area (Å²) in [7, 11) is 0. The molecule has 4 N–H and O–H groups in total. The van der Waals surface area contributed by atoms with Crippen LogP contribution in [0.3, 0.4) is 0 Å². The largest absolute Gasteiger partial charge is 0.368 e. The van der Waals surface area contributed by atoms with Crippen molar-refractivity contribution in [3.8, 4) is 0 Å². The number of nitrogens with two attached hydrogens (primary N) is 1. The maximum Gasteiger partial charge on any atom is 0.247 e. The predicted molar refractivity (Wildman–Crippen MR) is 82.6 cm³/mol. The zero-order valence-corrected chi connectivity index (χ0v) is 11.9. The highest BCUT2D eigenvalue weighted by Crippen LogP contribution is 2.31. The van der Waals surface area contributed by atoms with Crippen LogP contribution in [-0.4, -0.2) is 17.9 Å². The molecule has 5 nitrogen and oxygen atoms in total. The summed E-state index contributed by atoms with van der Waals surface area (Å²) in [6.45, 7) is 0. The van der Waals surface area contributed by atoms with Gasteiger partial charge in [-0.15, -0.1) is 0 Å². The highest BCUT2D eigenvalue weighted by molar-refractivity contribution is 6.04. The first kappa shape index (κ1) is 14.3. The Hall–Kier alpha value is -2.66. The minimum Gasteiger partial charge on any atom is -0.368 e. The van der Waals surface area contributed by atoms with Gasteiger partial charge >= 0.3 is 0 Å². The van der Waals surface area contributed by atoms with Gasteiger partial charge in [0.25, 0.3) is 0 Å². The van der Waals surface area contributed by atoms with Crippen molar-refractivity contribution in [1.82, 2.24) is 10.6 Å². The molecule has 0 saturated carbocycles. The van der Waals surface area contributed by atoms with Crippen LogP contribution in [0.4, 0.5) is 0 Å². The molecule has 0 aromatic heterocycles. The topological polar surface area (TPSA) is 84.2 Å². The van der Waals surface area contributed by atoms with Gasteiger partial charge in [0.2, 0.25) is 11.8 Å². The van der Waals surface area contributed by atoms with Crippen molar-refractivity contribution >= 4 is 11.8 Å². The Bertz CT molecular complexity index is 673. The Kier molecular flexibility index (Phi) is 3.89. The van der Waals surface area contributed by atoms with E-state index in [2.05, 4.69) is 10.6 Å². The van der Waals surface area contributed by atoms with E-state index in [-0.39, 0.29) is 12.1 Å². The van der Waals surface area contributed by atoms with Gasteiger partial charge < -0.3 is 11.1 Å². The Balaban J connectivity index is 1.99. The molecule has 0 bridgehead atoms. The van der Waals surface area contributed by atoms with E-state index in [9.17, 15) is 9.59 Å². The summed E-state index contributed by atoms with van der Waals surface area (Å²) in [5, 5.41) is 5.99. The number of piperazine rings is 1. The quantitative estimate of drug-likeness (QED) is 0.740. The molecule has 112 valence electrons. The maximum atomic E-state index is 12.1. The average Bonchev–Trinajstić information content (AvgIpc) is 2.56. The smallest absolute Gasteiger partial charge is 0.247 e. The van der Waals surface area contributed by atoms with Gasteiger partial charge in [-0.05, 0) is 11.1 Å². The van der Waals surface area contributed by atoms with Gasteiger partial charge in [0.15, 0.2) is 6.04 Å². The Morgan fingerprint density at radius 2 is 1.36 bits per heavy atom. The molecule has 0 aliphatic carbocycles. The third-order valence-electron chi connectivity index (χ3n) is 3.84. The summed E-state index contributed by atoms with van der Waals surface area (Å²) < 4.78 is 0. The molecule has 2 aromatic rings. The highest BCUT2D eigenvalue weighted by atomic mass is 16.2. The summed E-state index contributed by atoms with van der Waals surface area (Å²) >= 11 is 0. The zero-order chi connectivity index (χ0) is 15.5. The lowest BCUT2D eigenvalue weighted by Crippen LogP contribution is -2.60. The second-order valence-electron chi connectivity index (χ2n) is 5.29. The third-order valence-corrected chi connectivity index (χ3v) is 3.84. The number of hydrogen-bond donors (Lipinski definition) is 3. The Morgan fingerprint density at radius 3 is 1.86 bits per heavy atom. The molecule has 1 heterocycles. The second-order valence-corrected chi connectivity index (χ2v) is 5.29. The standard InChI is InChI=1S/C17H17N3O2/c18-16(21)15-17(22)20-14(12-9-5-2-6-10-12)13(19-15)11-7-3-1-4-8-11/h1-10,13-15,19H,(H2,18,21)(H,20,22). The van der Waals surface area contributed by atoms with E-state index < -0.39 is 17.9 Å². The fourth-order valence-electron chi connectivity index (χ4n) is 2.77. The molecule has 5 heteroatoms. The lowest BCUT2D eigenvalue weighted by atomic mass is 9.90. The van der Waals surface area contributed by atoms with E-state index in [4.69, 9.17) is 5.73 Å². The third kappa shape index (κ3) is 2.71. The highest BCUT2D eigenvalue weighted by Gasteiger charge is 2.39. The molecule has 1 aliphatic rings. The summed E-state index contributed by atoms with van der Waals surface area (Å²) in [5.41, 5.74) is 7.28. The van der Waals surface area contributed by atoms with Crippen molar-refractivity contribution in [1.29, 1.82) is 0 Å². The molecule has 1 saturated heterocycles. The van der Waals surface area contributed by atoms with Gasteiger partial charge in [0.05, 0.1) is 12.1 Å². The van der Waals surface area contributed by atoms with Gasteiger partial charge in [0.1, 0.15) is 0 Å². The number of nitrogens with one attached hydrogen (secondary N) is 2. The van der Waals surface area contributed by atoms with Crippen LogP contribution in [0.25, 0.3) is 0 Å². The van der Waals surface area contributed by atoms with E-state index in [1.807, 2.05) is 60.7 Å². The minimum absolute atomic E-state index is 0.223. The van der Waals surface area contributed by atoms with Crippen molar-refractivity contribution in [3.05, 3.63) is 71.8 Å². The minimum atomic E-state index is -1.02. The number of rotatable bonds is 3. The molecular formula is C17H17N3O2. The molecule has 22 heavy (non-hydrogen) atoms. The SMILES string of the molecule is NC(=O)C1NC(c2ccccc2)C(c2ccccc2)NC1=O. The van der Waals surface area contributed by atoms with E-state index in [0.717, 1.165) is 11.1 Å². The zero-order valence-electron chi connectivity index (χ0n) is 11.9. The molecule has 1 fully saturated rings. The maximum absolute atomic E-state index is 12.1. The van der Waals surface area contributed by atoms with Crippen LogP contribution >= 0.6 is 0 Å². The molecule has 3 unspecified atom stereocenters. The van der Waals surface area contributed by atoms with Gasteiger partial charge in [-0.25, -0.2) is 0 Å². The number of hydrogen-bond acceptors (Lipinski definition) is 3. The second kappa shape index (κ2) is 5.99. The Labute approximate surface area is 128 Å². The van der Waals surface area contributed by atoms with Crippen molar-refractivity contribution in [2.75, 3.05) is 0 Å². The van der Waals surface area contributed by atoms with Gasteiger partial charge in [-0.1, -0.05) is 60.7 Å². The number of carbonyl (C=O) groups is 2. The van der Waals surface area contributed by atoms with Gasteiger partial charge in [-0.2, -0.15) is 0 Å². The predicted octanol–water partition coefficient (Wildman–Crippen LogP) is 1.04. The van der Waals surface area contributed by atoms with Crippen LogP contribution in [0, 0.1) is 0 Å². The summed E-state index contributed by atoms with van der Waals surface area (Å²) in [5.74, 6) is -1.07. The normalized spacial score (nSPS) is 24.5. The number of carbonyl (C=O) groups excluding carboxylic acids is 2. The van der Waals surface area contributed by atoms with E-state index in [0.29, 0.717) is 0 Å². The lowest BCUT2D eigenvalue weighted by Gasteiger charge is -2.37. The van der Waals surface area contributed by atoms with E-state index in [1.54, 1.807) is 0 Å². The van der Waals surface area contributed by atoms with Crippen molar-refractivity contribution in [2.45, 2.75) is 18.1 Å². The first-order chi connectivity index (χ1) is 10.7. The lowest BCUT2D eigenvalue weighted by molar-refractivity contribution is -0.133.